The first-order valence-corrected chi connectivity index (χ1v) is 27.3. The molecule has 1 aliphatic rings. The van der Waals surface area contributed by atoms with Gasteiger partial charge in [0.2, 0.25) is 6.71 Å². The molecule has 0 saturated carbocycles. The summed E-state index contributed by atoms with van der Waals surface area (Å²) in [5.41, 5.74) is 16.6. The van der Waals surface area contributed by atoms with E-state index in [1.165, 1.54) is 104 Å². The van der Waals surface area contributed by atoms with Gasteiger partial charge in [-0.25, -0.2) is 0 Å². The van der Waals surface area contributed by atoms with Crippen LogP contribution in [0.25, 0.3) is 76.2 Å². The molecule has 0 amide bonds. The summed E-state index contributed by atoms with van der Waals surface area (Å²) in [4.78, 5) is 0. The summed E-state index contributed by atoms with van der Waals surface area (Å²) in [7, 11) is 0. The van der Waals surface area contributed by atoms with E-state index in [1.54, 1.807) is 0 Å². The van der Waals surface area contributed by atoms with Gasteiger partial charge in [-0.2, -0.15) is 0 Å². The van der Waals surface area contributed by atoms with Gasteiger partial charge in [0.05, 0.1) is 33.1 Å². The van der Waals surface area contributed by atoms with Gasteiger partial charge >= 0.3 is 0 Å². The van der Waals surface area contributed by atoms with Gasteiger partial charge in [-0.05, 0) is 58.1 Å². The van der Waals surface area contributed by atoms with E-state index in [0.29, 0.717) is 23.0 Å². The van der Waals surface area contributed by atoms with Crippen LogP contribution in [0.1, 0.15) is 108 Å². The number of aromatic nitrogens is 2. The molecule has 0 radical (unpaired) electrons. The van der Waals surface area contributed by atoms with Crippen LogP contribution in [0.15, 0.2) is 212 Å². The van der Waals surface area contributed by atoms with Crippen LogP contribution in [0.4, 0.5) is 0 Å². The zero-order valence-corrected chi connectivity index (χ0v) is 47.4. The Morgan fingerprint density at radius 2 is 0.520 bits per heavy atom. The lowest BCUT2D eigenvalue weighted by atomic mass is 9.33. The van der Waals surface area contributed by atoms with Crippen molar-refractivity contribution in [3.8, 4) is 0 Å². The third kappa shape index (κ3) is 12.3. The molecule has 5 heterocycles. The zero-order chi connectivity index (χ0) is 53.7. The Balaban J connectivity index is 0.000000130. The van der Waals surface area contributed by atoms with E-state index in [2.05, 4.69) is 304 Å². The third-order valence-corrected chi connectivity index (χ3v) is 12.5. The number of hydrogen-bond acceptors (Lipinski definition) is 0. The van der Waals surface area contributed by atoms with E-state index in [1.807, 2.05) is 13.8 Å². The third-order valence-electron chi connectivity index (χ3n) is 12.5. The molecule has 0 saturated heterocycles. The summed E-state index contributed by atoms with van der Waals surface area (Å²) < 4.78 is 4.80. The molecule has 0 aliphatic carbocycles. The van der Waals surface area contributed by atoms with Crippen molar-refractivity contribution < 1.29 is 0 Å². The number of rotatable bonds is 1. The first-order valence-electron chi connectivity index (χ1n) is 27.3. The molecule has 0 fully saturated rings. The fourth-order valence-corrected chi connectivity index (χ4v) is 10.1. The van der Waals surface area contributed by atoms with E-state index >= 15 is 0 Å². The van der Waals surface area contributed by atoms with Gasteiger partial charge in [0.1, 0.15) is 0 Å². The van der Waals surface area contributed by atoms with Crippen LogP contribution in [-0.2, 0) is 6.42 Å². The standard InChI is InChI=1S/C19H15B.2C18H11N.3C5H12.C2H6/c1-2-10-17(11-3-1)20-18-12-6-4-8-15(18)14-16-9-5-7-13-19(16)20;2*1-3-10-16-12(6-1)14-8-5-9-15-13-7-2-4-11-17(13)19(16)18(14)15;3*1-5(2,3)4;1-2/h1-13H,14H2;2*1-11H;3*1-4H3;1-2H3. The van der Waals surface area contributed by atoms with Gasteiger partial charge in [0, 0.05) is 43.1 Å². The number of hydrogen-bond donors (Lipinski definition) is 0. The minimum Gasteiger partial charge on any atom is -0.308 e. The van der Waals surface area contributed by atoms with Gasteiger partial charge in [0.15, 0.2) is 0 Å². The molecule has 3 heteroatoms. The van der Waals surface area contributed by atoms with Gasteiger partial charge < -0.3 is 8.80 Å². The predicted molar refractivity (Wildman–Crippen MR) is 336 cm³/mol. The van der Waals surface area contributed by atoms with Crippen molar-refractivity contribution in [3.05, 3.63) is 223 Å². The lowest BCUT2D eigenvalue weighted by molar-refractivity contribution is 0.469. The van der Waals surface area contributed by atoms with Crippen molar-refractivity contribution in [2.24, 2.45) is 16.2 Å². The van der Waals surface area contributed by atoms with Crippen molar-refractivity contribution in [2.75, 3.05) is 0 Å². The van der Waals surface area contributed by atoms with E-state index < -0.39 is 0 Å². The molecule has 0 N–H and O–H groups in total. The summed E-state index contributed by atoms with van der Waals surface area (Å²) in [5.74, 6) is 0. The molecule has 13 aromatic rings. The number of benzene rings is 9. The Bertz CT molecular complexity index is 3500. The topological polar surface area (TPSA) is 8.82 Å². The van der Waals surface area contributed by atoms with Crippen LogP contribution in [0.5, 0.6) is 0 Å². The SMILES string of the molecule is CC.CC(C)(C)C.CC(C)(C)C.CC(C)(C)C.c1ccc(B2c3ccccc3Cc3ccccc32)cc1.c1ccc2c(c1)c1cccc3c4ccccc4n2c13.c1ccc2c(c1)c1cccc3c4ccccc4n2c13. The average Bonchev–Trinajstić information content (AvgIpc) is 4.13. The Morgan fingerprint density at radius 1 is 0.280 bits per heavy atom. The highest BCUT2D eigenvalue weighted by Gasteiger charge is 2.29. The molecule has 9 aromatic carbocycles. The Kier molecular flexibility index (Phi) is 16.3. The van der Waals surface area contributed by atoms with Crippen LogP contribution >= 0.6 is 0 Å². The summed E-state index contributed by atoms with van der Waals surface area (Å²) in [5, 5.41) is 10.8. The summed E-state index contributed by atoms with van der Waals surface area (Å²) >= 11 is 0. The van der Waals surface area contributed by atoms with Crippen molar-refractivity contribution in [2.45, 2.75) is 103 Å². The molecular formula is C72H79BN2. The van der Waals surface area contributed by atoms with Crippen LogP contribution < -0.4 is 16.4 Å². The zero-order valence-electron chi connectivity index (χ0n) is 47.4. The molecule has 0 atom stereocenters. The number of fused-ring (bicyclic) bond motifs is 14. The monoisotopic (exact) mass is 983 g/mol. The van der Waals surface area contributed by atoms with Crippen molar-refractivity contribution in [1.82, 2.24) is 8.80 Å². The van der Waals surface area contributed by atoms with Gasteiger partial charge in [-0.3, -0.25) is 0 Å². The molecular weight excluding hydrogens is 904 g/mol. The van der Waals surface area contributed by atoms with Gasteiger partial charge in [-0.1, -0.05) is 301 Å². The van der Waals surface area contributed by atoms with Crippen LogP contribution in [-0.4, -0.2) is 15.5 Å². The molecule has 4 aromatic heterocycles. The largest absolute Gasteiger partial charge is 0.308 e. The fourth-order valence-electron chi connectivity index (χ4n) is 10.1. The lowest BCUT2D eigenvalue weighted by Gasteiger charge is -2.26. The minimum absolute atomic E-state index is 0.373. The first-order chi connectivity index (χ1) is 35.8. The lowest BCUT2D eigenvalue weighted by Crippen LogP contribution is -2.56. The molecule has 0 unspecified atom stereocenters. The van der Waals surface area contributed by atoms with Crippen molar-refractivity contribution >= 4 is 99.3 Å². The van der Waals surface area contributed by atoms with Crippen molar-refractivity contribution in [1.29, 1.82) is 0 Å². The second-order valence-electron chi connectivity index (χ2n) is 24.6. The van der Waals surface area contributed by atoms with E-state index in [0.717, 1.165) is 6.42 Å². The van der Waals surface area contributed by atoms with E-state index in [9.17, 15) is 0 Å². The summed E-state index contributed by atoms with van der Waals surface area (Å²) in [6.45, 7) is 30.6. The molecule has 14 rings (SSSR count). The van der Waals surface area contributed by atoms with Crippen molar-refractivity contribution in [3.63, 3.8) is 0 Å². The quantitative estimate of drug-likeness (QED) is 0.145. The van der Waals surface area contributed by atoms with Gasteiger partial charge in [0.25, 0.3) is 0 Å². The molecule has 2 nitrogen and oxygen atoms in total. The Morgan fingerprint density at radius 3 is 0.827 bits per heavy atom. The maximum absolute atomic E-state index is 2.40. The molecule has 0 bridgehead atoms. The second-order valence-corrected chi connectivity index (χ2v) is 24.6. The highest BCUT2D eigenvalue weighted by atomic mass is 14.9. The smallest absolute Gasteiger partial charge is 0.241 e. The molecule has 0 spiro atoms. The van der Waals surface area contributed by atoms with E-state index in [4.69, 9.17) is 0 Å². The van der Waals surface area contributed by atoms with Crippen LogP contribution in [0, 0.1) is 16.2 Å². The highest BCUT2D eigenvalue weighted by molar-refractivity contribution is 6.96. The fraction of sp³-hybridized carbons (Fsp3) is 0.250. The van der Waals surface area contributed by atoms with Crippen LogP contribution in [0.3, 0.4) is 0 Å². The normalized spacial score (nSPS) is 12.1. The van der Waals surface area contributed by atoms with Gasteiger partial charge in [-0.15, -0.1) is 0 Å². The highest BCUT2D eigenvalue weighted by Crippen LogP contribution is 2.40. The second kappa shape index (κ2) is 22.6. The predicted octanol–water partition coefficient (Wildman–Crippen LogP) is 19.0. The number of nitrogens with zero attached hydrogens (tertiary/aromatic N) is 2. The maximum Gasteiger partial charge on any atom is 0.241 e. The average molecular weight is 983 g/mol. The summed E-state index contributed by atoms with van der Waals surface area (Å²) in [6.07, 6.45) is 1.05. The summed E-state index contributed by atoms with van der Waals surface area (Å²) in [6, 6.07) is 76.4. The number of para-hydroxylation sites is 6. The van der Waals surface area contributed by atoms with E-state index in [-0.39, 0.29) is 0 Å². The van der Waals surface area contributed by atoms with Crippen LogP contribution in [0.2, 0.25) is 0 Å². The minimum atomic E-state index is 0.373. The maximum atomic E-state index is 2.40. The molecule has 380 valence electrons. The molecule has 75 heavy (non-hydrogen) atoms. The Labute approximate surface area is 448 Å². The Hall–Kier alpha value is -7.36. The molecule has 1 aliphatic heterocycles. The first kappa shape index (κ1) is 53.9.